The van der Waals surface area contributed by atoms with Gasteiger partial charge in [-0.2, -0.15) is 0 Å². The van der Waals surface area contributed by atoms with E-state index in [-0.39, 0.29) is 0 Å². The van der Waals surface area contributed by atoms with Crippen LogP contribution in [-0.4, -0.2) is 0 Å². The van der Waals surface area contributed by atoms with Crippen molar-refractivity contribution in [1.29, 1.82) is 0 Å². The van der Waals surface area contributed by atoms with Crippen molar-refractivity contribution in [2.24, 2.45) is 0 Å². The Bertz CT molecular complexity index is 558. The second kappa shape index (κ2) is 8.07. The Morgan fingerprint density at radius 1 is 0.850 bits per heavy atom. The first-order valence-corrected chi connectivity index (χ1v) is 7.20. The molecule has 0 saturated heterocycles. The summed E-state index contributed by atoms with van der Waals surface area (Å²) in [5.74, 6) is 8.10. The third-order valence-corrected chi connectivity index (χ3v) is 2.97. The minimum atomic E-state index is 0.840. The number of hydrogen-bond acceptors (Lipinski definition) is 1. The summed E-state index contributed by atoms with van der Waals surface area (Å²) >= 11 is 0. The zero-order chi connectivity index (χ0) is 14.0. The molecule has 20 heavy (non-hydrogen) atoms. The zero-order valence-electron chi connectivity index (χ0n) is 11.9. The molecular weight excluding hydrogens is 244 g/mol. The van der Waals surface area contributed by atoms with Gasteiger partial charge in [0.2, 0.25) is 0 Å². The summed E-state index contributed by atoms with van der Waals surface area (Å²) in [5.41, 5.74) is 1.04. The maximum absolute atomic E-state index is 5.74. The molecule has 102 valence electrons. The van der Waals surface area contributed by atoms with Crippen molar-refractivity contribution in [2.75, 3.05) is 0 Å². The van der Waals surface area contributed by atoms with Gasteiger partial charge in [-0.05, 0) is 42.8 Å². The highest BCUT2D eigenvalue weighted by molar-refractivity contribution is 5.39. The minimum Gasteiger partial charge on any atom is -0.457 e. The average Bonchev–Trinajstić information content (AvgIpc) is 2.50. The summed E-state index contributed by atoms with van der Waals surface area (Å²) in [7, 11) is 0. The molecule has 0 saturated carbocycles. The highest BCUT2D eigenvalue weighted by atomic mass is 16.5. The SMILES string of the molecule is CCCCCC#Cc1ccc(Oc2ccccc2)cc1. The van der Waals surface area contributed by atoms with E-state index in [1.54, 1.807) is 0 Å². The number of ether oxygens (including phenoxy) is 1. The molecule has 0 amide bonds. The first-order valence-electron chi connectivity index (χ1n) is 7.20. The molecule has 2 rings (SSSR count). The van der Waals surface area contributed by atoms with E-state index in [1.807, 2.05) is 54.6 Å². The van der Waals surface area contributed by atoms with Crippen LogP contribution in [0.15, 0.2) is 54.6 Å². The fourth-order valence-corrected chi connectivity index (χ4v) is 1.86. The second-order valence-corrected chi connectivity index (χ2v) is 4.70. The summed E-state index contributed by atoms with van der Waals surface area (Å²) < 4.78 is 5.74. The second-order valence-electron chi connectivity index (χ2n) is 4.70. The first kappa shape index (κ1) is 14.2. The van der Waals surface area contributed by atoms with Crippen LogP contribution in [0.4, 0.5) is 0 Å². The summed E-state index contributed by atoms with van der Waals surface area (Å²) in [5, 5.41) is 0. The van der Waals surface area contributed by atoms with Gasteiger partial charge in [0.15, 0.2) is 0 Å². The molecule has 0 atom stereocenters. The lowest BCUT2D eigenvalue weighted by molar-refractivity contribution is 0.482. The van der Waals surface area contributed by atoms with Crippen LogP contribution < -0.4 is 4.74 Å². The molecule has 2 aromatic carbocycles. The molecule has 0 aliphatic carbocycles. The van der Waals surface area contributed by atoms with E-state index < -0.39 is 0 Å². The fourth-order valence-electron chi connectivity index (χ4n) is 1.86. The van der Waals surface area contributed by atoms with Gasteiger partial charge in [0.25, 0.3) is 0 Å². The third kappa shape index (κ3) is 4.82. The van der Waals surface area contributed by atoms with Gasteiger partial charge in [-0.15, -0.1) is 0 Å². The van der Waals surface area contributed by atoms with Gasteiger partial charge in [0.1, 0.15) is 11.5 Å². The lowest BCUT2D eigenvalue weighted by Gasteiger charge is -2.04. The molecule has 0 aliphatic rings. The molecule has 1 nitrogen and oxygen atoms in total. The third-order valence-electron chi connectivity index (χ3n) is 2.97. The monoisotopic (exact) mass is 264 g/mol. The quantitative estimate of drug-likeness (QED) is 0.518. The molecule has 0 radical (unpaired) electrons. The van der Waals surface area contributed by atoms with Crippen molar-refractivity contribution in [3.05, 3.63) is 60.2 Å². The molecule has 0 spiro atoms. The zero-order valence-corrected chi connectivity index (χ0v) is 11.9. The number of benzene rings is 2. The molecule has 0 aliphatic heterocycles. The Balaban J connectivity index is 1.89. The van der Waals surface area contributed by atoms with E-state index in [1.165, 1.54) is 19.3 Å². The van der Waals surface area contributed by atoms with Gasteiger partial charge in [-0.1, -0.05) is 49.8 Å². The Hall–Kier alpha value is -2.20. The van der Waals surface area contributed by atoms with Crippen molar-refractivity contribution >= 4 is 0 Å². The number of para-hydroxylation sites is 1. The van der Waals surface area contributed by atoms with E-state index in [2.05, 4.69) is 18.8 Å². The Morgan fingerprint density at radius 3 is 2.25 bits per heavy atom. The largest absolute Gasteiger partial charge is 0.457 e. The molecule has 1 heteroatoms. The maximum atomic E-state index is 5.74. The normalized spacial score (nSPS) is 9.65. The predicted octanol–water partition coefficient (Wildman–Crippen LogP) is 5.41. The van der Waals surface area contributed by atoms with E-state index in [0.29, 0.717) is 0 Å². The highest BCUT2D eigenvalue weighted by Crippen LogP contribution is 2.20. The number of unbranched alkanes of at least 4 members (excludes halogenated alkanes) is 3. The van der Waals surface area contributed by atoms with Crippen molar-refractivity contribution in [2.45, 2.75) is 32.6 Å². The Kier molecular flexibility index (Phi) is 5.73. The van der Waals surface area contributed by atoms with Gasteiger partial charge >= 0.3 is 0 Å². The van der Waals surface area contributed by atoms with Gasteiger partial charge in [-0.3, -0.25) is 0 Å². The van der Waals surface area contributed by atoms with Crippen LogP contribution in [0.3, 0.4) is 0 Å². The Labute approximate surface area is 121 Å². The van der Waals surface area contributed by atoms with Crippen molar-refractivity contribution in [1.82, 2.24) is 0 Å². The van der Waals surface area contributed by atoms with Gasteiger partial charge in [-0.25, -0.2) is 0 Å². The molecular formula is C19H20O. The van der Waals surface area contributed by atoms with Crippen LogP contribution in [-0.2, 0) is 0 Å². The standard InChI is InChI=1S/C19H20O/c1-2-3-4-5-7-10-17-13-15-19(16-14-17)20-18-11-8-6-9-12-18/h6,8-9,11-16H,2-5H2,1H3. The van der Waals surface area contributed by atoms with Crippen LogP contribution in [0.2, 0.25) is 0 Å². The summed E-state index contributed by atoms with van der Waals surface area (Å²) in [4.78, 5) is 0. The van der Waals surface area contributed by atoms with Crippen LogP contribution in [0, 0.1) is 11.8 Å². The minimum absolute atomic E-state index is 0.840. The van der Waals surface area contributed by atoms with E-state index in [4.69, 9.17) is 4.74 Å². The van der Waals surface area contributed by atoms with Gasteiger partial charge < -0.3 is 4.74 Å². The van der Waals surface area contributed by atoms with Crippen molar-refractivity contribution in [3.8, 4) is 23.3 Å². The van der Waals surface area contributed by atoms with Crippen LogP contribution >= 0.6 is 0 Å². The highest BCUT2D eigenvalue weighted by Gasteiger charge is 1.95. The molecule has 0 aromatic heterocycles. The molecule has 0 N–H and O–H groups in total. The maximum Gasteiger partial charge on any atom is 0.127 e. The molecule has 2 aromatic rings. The first-order chi connectivity index (χ1) is 9.88. The van der Waals surface area contributed by atoms with E-state index >= 15 is 0 Å². The lowest BCUT2D eigenvalue weighted by atomic mass is 10.2. The van der Waals surface area contributed by atoms with E-state index in [9.17, 15) is 0 Å². The smallest absolute Gasteiger partial charge is 0.127 e. The van der Waals surface area contributed by atoms with Gasteiger partial charge in [0, 0.05) is 12.0 Å². The predicted molar refractivity (Wildman–Crippen MR) is 84.0 cm³/mol. The van der Waals surface area contributed by atoms with E-state index in [0.717, 1.165) is 23.5 Å². The molecule has 0 fully saturated rings. The summed E-state index contributed by atoms with van der Waals surface area (Å²) in [6, 6.07) is 17.7. The lowest BCUT2D eigenvalue weighted by Crippen LogP contribution is -1.83. The number of hydrogen-bond donors (Lipinski definition) is 0. The topological polar surface area (TPSA) is 9.23 Å². The van der Waals surface area contributed by atoms with Crippen molar-refractivity contribution in [3.63, 3.8) is 0 Å². The Morgan fingerprint density at radius 2 is 1.55 bits per heavy atom. The number of rotatable bonds is 5. The average molecular weight is 264 g/mol. The molecule has 0 heterocycles. The summed E-state index contributed by atoms with van der Waals surface area (Å²) in [6.45, 7) is 2.21. The van der Waals surface area contributed by atoms with Crippen LogP contribution in [0.25, 0.3) is 0 Å². The fraction of sp³-hybridized carbons (Fsp3) is 0.263. The van der Waals surface area contributed by atoms with Gasteiger partial charge in [0.05, 0.1) is 0 Å². The van der Waals surface area contributed by atoms with Crippen LogP contribution in [0.5, 0.6) is 11.5 Å². The summed E-state index contributed by atoms with van der Waals surface area (Å²) in [6.07, 6.45) is 4.68. The van der Waals surface area contributed by atoms with Crippen LogP contribution in [0.1, 0.15) is 38.2 Å². The molecule has 0 unspecified atom stereocenters. The van der Waals surface area contributed by atoms with Crippen molar-refractivity contribution < 1.29 is 4.74 Å². The molecule has 0 bridgehead atoms.